The molecule has 21 heavy (non-hydrogen) atoms. The minimum atomic E-state index is -0.949. The van der Waals surface area contributed by atoms with Crippen LogP contribution in [0.2, 0.25) is 0 Å². The molecule has 0 saturated heterocycles. The smallest absolute Gasteiger partial charge is 0.327 e. The van der Waals surface area contributed by atoms with Gasteiger partial charge in [0.05, 0.1) is 0 Å². The van der Waals surface area contributed by atoms with Crippen LogP contribution >= 0.6 is 0 Å². The van der Waals surface area contributed by atoms with Crippen molar-refractivity contribution in [2.45, 2.75) is 38.1 Å². The van der Waals surface area contributed by atoms with Crippen molar-refractivity contribution in [2.75, 3.05) is 11.4 Å². The maximum absolute atomic E-state index is 12.7. The molecule has 3 N–H and O–H groups in total. The molecule has 5 heteroatoms. The lowest BCUT2D eigenvalue weighted by atomic mass is 9.66. The minimum absolute atomic E-state index is 0.113. The number of carboxylic acids is 1. The predicted molar refractivity (Wildman–Crippen MR) is 79.0 cm³/mol. The van der Waals surface area contributed by atoms with Crippen molar-refractivity contribution in [3.8, 4) is 0 Å². The molecule has 112 valence electrons. The van der Waals surface area contributed by atoms with E-state index in [9.17, 15) is 14.7 Å². The lowest BCUT2D eigenvalue weighted by molar-refractivity contribution is -0.140. The third-order valence-corrected chi connectivity index (χ3v) is 4.90. The van der Waals surface area contributed by atoms with Gasteiger partial charge in [-0.2, -0.15) is 0 Å². The molecule has 1 atom stereocenters. The highest BCUT2D eigenvalue weighted by Crippen LogP contribution is 2.44. The van der Waals surface area contributed by atoms with Gasteiger partial charge in [-0.15, -0.1) is 0 Å². The summed E-state index contributed by atoms with van der Waals surface area (Å²) in [5, 5.41) is 9.41. The summed E-state index contributed by atoms with van der Waals surface area (Å²) in [6.45, 7) is 0.492. The zero-order valence-electron chi connectivity index (χ0n) is 11.9. The van der Waals surface area contributed by atoms with Gasteiger partial charge in [0.1, 0.15) is 6.04 Å². The topological polar surface area (TPSA) is 83.6 Å². The number of benzene rings is 1. The molecule has 1 saturated carbocycles. The summed E-state index contributed by atoms with van der Waals surface area (Å²) in [4.78, 5) is 25.6. The number of amides is 1. The first-order valence-corrected chi connectivity index (χ1v) is 7.39. The van der Waals surface area contributed by atoms with Gasteiger partial charge >= 0.3 is 5.97 Å². The maximum Gasteiger partial charge on any atom is 0.327 e. The SMILES string of the molecule is NCC1(CC(=O)N2c3ccccc3CC2C(=O)O)CCC1. The molecule has 5 nitrogen and oxygen atoms in total. The van der Waals surface area contributed by atoms with Crippen LogP contribution in [0.15, 0.2) is 24.3 Å². The molecule has 1 aromatic carbocycles. The molecular formula is C16H20N2O3. The minimum Gasteiger partial charge on any atom is -0.480 e. The monoisotopic (exact) mass is 288 g/mol. The van der Waals surface area contributed by atoms with Gasteiger partial charge in [-0.3, -0.25) is 9.69 Å². The van der Waals surface area contributed by atoms with Crippen LogP contribution in [0, 0.1) is 5.41 Å². The summed E-state index contributed by atoms with van der Waals surface area (Å²) < 4.78 is 0. The van der Waals surface area contributed by atoms with Crippen LogP contribution in [-0.4, -0.2) is 29.6 Å². The number of carboxylic acid groups (broad SMARTS) is 1. The van der Waals surface area contributed by atoms with Crippen LogP contribution in [0.25, 0.3) is 0 Å². The molecule has 1 aliphatic carbocycles. The summed E-state index contributed by atoms with van der Waals surface area (Å²) in [7, 11) is 0. The van der Waals surface area contributed by atoms with E-state index >= 15 is 0 Å². The number of carbonyl (C=O) groups is 2. The second-order valence-corrected chi connectivity index (χ2v) is 6.19. The second kappa shape index (κ2) is 5.15. The van der Waals surface area contributed by atoms with Gasteiger partial charge in [-0.05, 0) is 36.4 Å². The van der Waals surface area contributed by atoms with Gasteiger partial charge in [0, 0.05) is 18.5 Å². The Bertz CT molecular complexity index is 575. The van der Waals surface area contributed by atoms with E-state index in [0.717, 1.165) is 30.5 Å². The summed E-state index contributed by atoms with van der Waals surface area (Å²) in [5.74, 6) is -1.06. The molecule has 1 aliphatic heterocycles. The summed E-state index contributed by atoms with van der Waals surface area (Å²) in [6, 6.07) is 6.64. The molecule has 1 fully saturated rings. The molecule has 0 spiro atoms. The second-order valence-electron chi connectivity index (χ2n) is 6.19. The maximum atomic E-state index is 12.7. The molecule has 0 aromatic heterocycles. The lowest BCUT2D eigenvalue weighted by Gasteiger charge is -2.41. The van der Waals surface area contributed by atoms with Gasteiger partial charge < -0.3 is 10.8 Å². The average Bonchev–Trinajstić information content (AvgIpc) is 2.82. The molecule has 0 radical (unpaired) electrons. The van der Waals surface area contributed by atoms with Crippen LogP contribution < -0.4 is 10.6 Å². The third kappa shape index (κ3) is 2.31. The molecular weight excluding hydrogens is 268 g/mol. The fourth-order valence-corrected chi connectivity index (χ4v) is 3.43. The lowest BCUT2D eigenvalue weighted by Crippen LogP contribution is -2.47. The zero-order chi connectivity index (χ0) is 15.0. The molecule has 3 rings (SSSR count). The van der Waals surface area contributed by atoms with E-state index in [0.29, 0.717) is 19.4 Å². The Kier molecular flexibility index (Phi) is 3.45. The largest absolute Gasteiger partial charge is 0.480 e. The van der Waals surface area contributed by atoms with E-state index in [1.165, 1.54) is 4.90 Å². The van der Waals surface area contributed by atoms with Crippen molar-refractivity contribution in [2.24, 2.45) is 11.1 Å². The van der Waals surface area contributed by atoms with Crippen molar-refractivity contribution in [1.82, 2.24) is 0 Å². The Morgan fingerprint density at radius 3 is 2.62 bits per heavy atom. The first kappa shape index (κ1) is 14.1. The van der Waals surface area contributed by atoms with Gasteiger partial charge in [-0.25, -0.2) is 4.79 Å². The Hall–Kier alpha value is -1.88. The van der Waals surface area contributed by atoms with Crippen LogP contribution in [0.3, 0.4) is 0 Å². The molecule has 1 amide bonds. The quantitative estimate of drug-likeness (QED) is 0.880. The van der Waals surface area contributed by atoms with Crippen molar-refractivity contribution in [3.63, 3.8) is 0 Å². The zero-order valence-corrected chi connectivity index (χ0v) is 11.9. The van der Waals surface area contributed by atoms with Crippen molar-refractivity contribution in [1.29, 1.82) is 0 Å². The van der Waals surface area contributed by atoms with E-state index in [1.54, 1.807) is 0 Å². The molecule has 1 unspecified atom stereocenters. The van der Waals surface area contributed by atoms with Gasteiger partial charge in [0.2, 0.25) is 5.91 Å². The highest BCUT2D eigenvalue weighted by Gasteiger charge is 2.43. The number of carbonyl (C=O) groups excluding carboxylic acids is 1. The Balaban J connectivity index is 1.87. The normalized spacial score (nSPS) is 22.5. The number of anilines is 1. The van der Waals surface area contributed by atoms with E-state index in [1.807, 2.05) is 24.3 Å². The Morgan fingerprint density at radius 2 is 2.05 bits per heavy atom. The van der Waals surface area contributed by atoms with Crippen molar-refractivity contribution in [3.05, 3.63) is 29.8 Å². The molecule has 1 aromatic rings. The summed E-state index contributed by atoms with van der Waals surface area (Å²) in [5.41, 5.74) is 7.37. The number of nitrogens with zero attached hydrogens (tertiary/aromatic N) is 1. The predicted octanol–water partition coefficient (Wildman–Crippen LogP) is 1.55. The number of aliphatic carboxylic acids is 1. The Labute approximate surface area is 123 Å². The first-order valence-electron chi connectivity index (χ1n) is 7.39. The van der Waals surface area contributed by atoms with E-state index < -0.39 is 12.0 Å². The third-order valence-electron chi connectivity index (χ3n) is 4.90. The highest BCUT2D eigenvalue weighted by atomic mass is 16.4. The van der Waals surface area contributed by atoms with Crippen LogP contribution in [-0.2, 0) is 16.0 Å². The van der Waals surface area contributed by atoms with E-state index in [4.69, 9.17) is 5.73 Å². The number of fused-ring (bicyclic) bond motifs is 1. The van der Waals surface area contributed by atoms with Gasteiger partial charge in [-0.1, -0.05) is 24.6 Å². The molecule has 1 heterocycles. The summed E-state index contributed by atoms with van der Waals surface area (Å²) >= 11 is 0. The molecule has 2 aliphatic rings. The number of nitrogens with two attached hydrogens (primary N) is 1. The standard InChI is InChI=1S/C16H20N2O3/c17-10-16(6-3-7-16)9-14(19)18-12-5-2-1-4-11(12)8-13(18)15(20)21/h1-2,4-5,13H,3,6-10,17H2,(H,20,21). The fraction of sp³-hybridized carbons (Fsp3) is 0.500. The van der Waals surface area contributed by atoms with Crippen molar-refractivity contribution < 1.29 is 14.7 Å². The van der Waals surface area contributed by atoms with Crippen LogP contribution in [0.5, 0.6) is 0 Å². The van der Waals surface area contributed by atoms with Crippen LogP contribution in [0.4, 0.5) is 5.69 Å². The van der Waals surface area contributed by atoms with E-state index in [2.05, 4.69) is 0 Å². The van der Waals surface area contributed by atoms with Gasteiger partial charge in [0.15, 0.2) is 0 Å². The number of rotatable bonds is 4. The fourth-order valence-electron chi connectivity index (χ4n) is 3.43. The van der Waals surface area contributed by atoms with Gasteiger partial charge in [0.25, 0.3) is 0 Å². The number of hydrogen-bond donors (Lipinski definition) is 2. The first-order chi connectivity index (χ1) is 10.1. The highest BCUT2D eigenvalue weighted by molar-refractivity contribution is 6.02. The molecule has 0 bridgehead atoms. The summed E-state index contributed by atoms with van der Waals surface area (Å²) in [6.07, 6.45) is 3.75. The van der Waals surface area contributed by atoms with E-state index in [-0.39, 0.29) is 11.3 Å². The van der Waals surface area contributed by atoms with Crippen LogP contribution in [0.1, 0.15) is 31.2 Å². The van der Waals surface area contributed by atoms with Crippen molar-refractivity contribution >= 4 is 17.6 Å². The average molecular weight is 288 g/mol. The number of hydrogen-bond acceptors (Lipinski definition) is 3. The number of para-hydroxylation sites is 1. The Morgan fingerprint density at radius 1 is 1.33 bits per heavy atom.